The van der Waals surface area contributed by atoms with Crippen LogP contribution in [0.2, 0.25) is 0 Å². The monoisotopic (exact) mass is 182 g/mol. The van der Waals surface area contributed by atoms with Crippen LogP contribution in [-0.2, 0) is 13.6 Å². The van der Waals surface area contributed by atoms with Gasteiger partial charge >= 0.3 is 0 Å². The summed E-state index contributed by atoms with van der Waals surface area (Å²) in [7, 11) is 1.98. The predicted octanol–water partition coefficient (Wildman–Crippen LogP) is 1.01. The zero-order valence-corrected chi connectivity index (χ0v) is 9.05. The summed E-state index contributed by atoms with van der Waals surface area (Å²) in [6.07, 6.45) is 0. The summed E-state index contributed by atoms with van der Waals surface area (Å²) in [4.78, 5) is 0. The Morgan fingerprint density at radius 2 is 1.92 bits per heavy atom. The zero-order valence-electron chi connectivity index (χ0n) is 9.05. The normalized spacial score (nSPS) is 12.1. The van der Waals surface area contributed by atoms with Gasteiger partial charge < -0.3 is 9.88 Å². The first-order valence-corrected chi connectivity index (χ1v) is 4.50. The molecule has 0 fully saturated rings. The molecule has 0 aromatic carbocycles. The maximum atomic E-state index is 4.07. The predicted molar refractivity (Wildman–Crippen MR) is 52.3 cm³/mol. The molecule has 1 N–H and O–H groups in total. The van der Waals surface area contributed by atoms with E-state index in [9.17, 15) is 0 Å². The molecule has 0 saturated heterocycles. The number of rotatable bonds is 2. The van der Waals surface area contributed by atoms with E-state index in [0.29, 0.717) is 0 Å². The van der Waals surface area contributed by atoms with Gasteiger partial charge in [-0.05, 0) is 27.7 Å². The molecule has 4 nitrogen and oxygen atoms in total. The molecule has 1 aromatic rings. The lowest BCUT2D eigenvalue weighted by Gasteiger charge is -2.19. The quantitative estimate of drug-likeness (QED) is 0.742. The molecule has 0 amide bonds. The van der Waals surface area contributed by atoms with E-state index >= 15 is 0 Å². The minimum Gasteiger partial charge on any atom is -0.317 e. The van der Waals surface area contributed by atoms with Crippen molar-refractivity contribution in [2.75, 3.05) is 0 Å². The molecule has 1 aromatic heterocycles. The van der Waals surface area contributed by atoms with Crippen molar-refractivity contribution in [3.8, 4) is 0 Å². The molecular weight excluding hydrogens is 164 g/mol. The van der Waals surface area contributed by atoms with Crippen molar-refractivity contribution in [3.63, 3.8) is 0 Å². The first kappa shape index (κ1) is 10.2. The smallest absolute Gasteiger partial charge is 0.146 e. The van der Waals surface area contributed by atoms with Gasteiger partial charge in [-0.1, -0.05) is 0 Å². The molecule has 4 heteroatoms. The molecule has 0 bridgehead atoms. The zero-order chi connectivity index (χ0) is 10.1. The summed E-state index contributed by atoms with van der Waals surface area (Å²) in [5.41, 5.74) is 0.125. The van der Waals surface area contributed by atoms with Crippen LogP contribution in [0, 0.1) is 6.92 Å². The van der Waals surface area contributed by atoms with E-state index in [4.69, 9.17) is 0 Å². The van der Waals surface area contributed by atoms with Crippen molar-refractivity contribution < 1.29 is 0 Å². The number of hydrogen-bond donors (Lipinski definition) is 1. The third-order valence-corrected chi connectivity index (χ3v) is 1.96. The van der Waals surface area contributed by atoms with Crippen LogP contribution in [0.4, 0.5) is 0 Å². The minimum atomic E-state index is 0.125. The van der Waals surface area contributed by atoms with Crippen LogP contribution in [0.5, 0.6) is 0 Å². The molecule has 0 atom stereocenters. The SMILES string of the molecule is Cc1nnc(CNC(C)(C)C)n1C. The van der Waals surface area contributed by atoms with E-state index in [-0.39, 0.29) is 5.54 Å². The molecule has 1 heterocycles. The topological polar surface area (TPSA) is 42.7 Å². The van der Waals surface area contributed by atoms with Crippen molar-refractivity contribution in [2.24, 2.45) is 7.05 Å². The molecule has 0 unspecified atom stereocenters. The second-order valence-electron chi connectivity index (χ2n) is 4.33. The summed E-state index contributed by atoms with van der Waals surface area (Å²) < 4.78 is 2.00. The molecule has 1 rings (SSSR count). The average Bonchev–Trinajstić information content (AvgIpc) is 2.29. The van der Waals surface area contributed by atoms with E-state index in [1.54, 1.807) is 0 Å². The van der Waals surface area contributed by atoms with Gasteiger partial charge in [0.05, 0.1) is 6.54 Å². The van der Waals surface area contributed by atoms with Crippen LogP contribution >= 0.6 is 0 Å². The highest BCUT2D eigenvalue weighted by Gasteiger charge is 2.11. The van der Waals surface area contributed by atoms with Crippen molar-refractivity contribution in [3.05, 3.63) is 11.6 Å². The Hall–Kier alpha value is -0.900. The lowest BCUT2D eigenvalue weighted by atomic mass is 10.1. The Bertz CT molecular complexity index is 282. The van der Waals surface area contributed by atoms with Crippen molar-refractivity contribution in [2.45, 2.75) is 39.8 Å². The van der Waals surface area contributed by atoms with Crippen LogP contribution in [-0.4, -0.2) is 20.3 Å². The van der Waals surface area contributed by atoms with E-state index in [1.165, 1.54) is 0 Å². The summed E-state index contributed by atoms with van der Waals surface area (Å²) >= 11 is 0. The standard InChI is InChI=1S/C9H18N4/c1-7-11-12-8(13(7)5)6-10-9(2,3)4/h10H,6H2,1-5H3. The van der Waals surface area contributed by atoms with E-state index in [1.807, 2.05) is 18.5 Å². The molecule has 0 spiro atoms. The molecule has 0 aliphatic carbocycles. The van der Waals surface area contributed by atoms with Gasteiger partial charge in [0.2, 0.25) is 0 Å². The maximum Gasteiger partial charge on any atom is 0.146 e. The van der Waals surface area contributed by atoms with E-state index in [0.717, 1.165) is 18.2 Å². The van der Waals surface area contributed by atoms with Crippen LogP contribution < -0.4 is 5.32 Å². The van der Waals surface area contributed by atoms with Gasteiger partial charge in [-0.2, -0.15) is 0 Å². The number of nitrogens with one attached hydrogen (secondary N) is 1. The Balaban J connectivity index is 2.60. The number of aromatic nitrogens is 3. The first-order valence-electron chi connectivity index (χ1n) is 4.50. The van der Waals surface area contributed by atoms with Crippen LogP contribution in [0.1, 0.15) is 32.4 Å². The highest BCUT2D eigenvalue weighted by molar-refractivity contribution is 4.92. The number of nitrogens with zero attached hydrogens (tertiary/aromatic N) is 3. The lowest BCUT2D eigenvalue weighted by Crippen LogP contribution is -2.35. The fraction of sp³-hybridized carbons (Fsp3) is 0.778. The second kappa shape index (κ2) is 3.46. The van der Waals surface area contributed by atoms with Crippen molar-refractivity contribution in [1.29, 1.82) is 0 Å². The Morgan fingerprint density at radius 1 is 1.31 bits per heavy atom. The fourth-order valence-corrected chi connectivity index (χ4v) is 0.949. The van der Waals surface area contributed by atoms with Crippen LogP contribution in [0.15, 0.2) is 0 Å². The second-order valence-corrected chi connectivity index (χ2v) is 4.33. The Labute approximate surface area is 79.4 Å². The molecule has 74 valence electrons. The minimum absolute atomic E-state index is 0.125. The van der Waals surface area contributed by atoms with Crippen molar-refractivity contribution in [1.82, 2.24) is 20.1 Å². The highest BCUT2D eigenvalue weighted by atomic mass is 15.3. The third-order valence-electron chi connectivity index (χ3n) is 1.96. The Morgan fingerprint density at radius 3 is 2.31 bits per heavy atom. The van der Waals surface area contributed by atoms with Gasteiger partial charge in [-0.3, -0.25) is 0 Å². The first-order chi connectivity index (χ1) is 5.90. The van der Waals surface area contributed by atoms with E-state index < -0.39 is 0 Å². The van der Waals surface area contributed by atoms with Crippen molar-refractivity contribution >= 4 is 0 Å². The van der Waals surface area contributed by atoms with Gasteiger partial charge in [0, 0.05) is 12.6 Å². The van der Waals surface area contributed by atoms with Gasteiger partial charge in [0.1, 0.15) is 11.6 Å². The largest absolute Gasteiger partial charge is 0.317 e. The van der Waals surface area contributed by atoms with Gasteiger partial charge in [0.25, 0.3) is 0 Å². The average molecular weight is 182 g/mol. The molecule has 13 heavy (non-hydrogen) atoms. The molecule has 0 saturated carbocycles. The van der Waals surface area contributed by atoms with Crippen LogP contribution in [0.3, 0.4) is 0 Å². The molecule has 0 aliphatic rings. The molecule has 0 radical (unpaired) electrons. The number of aryl methyl sites for hydroxylation is 1. The van der Waals surface area contributed by atoms with Gasteiger partial charge in [-0.25, -0.2) is 0 Å². The lowest BCUT2D eigenvalue weighted by molar-refractivity contribution is 0.414. The molecular formula is C9H18N4. The van der Waals surface area contributed by atoms with E-state index in [2.05, 4.69) is 36.3 Å². The highest BCUT2D eigenvalue weighted by Crippen LogP contribution is 2.02. The van der Waals surface area contributed by atoms with Crippen LogP contribution in [0.25, 0.3) is 0 Å². The fourth-order valence-electron chi connectivity index (χ4n) is 0.949. The summed E-state index contributed by atoms with van der Waals surface area (Å²) in [6, 6.07) is 0. The van der Waals surface area contributed by atoms with Gasteiger partial charge in [0.15, 0.2) is 0 Å². The molecule has 0 aliphatic heterocycles. The summed E-state index contributed by atoms with van der Waals surface area (Å²) in [6.45, 7) is 9.12. The number of hydrogen-bond acceptors (Lipinski definition) is 3. The summed E-state index contributed by atoms with van der Waals surface area (Å²) in [5.74, 6) is 1.93. The third kappa shape index (κ3) is 2.81. The Kier molecular flexibility index (Phi) is 2.71. The summed E-state index contributed by atoms with van der Waals surface area (Å²) in [5, 5.41) is 11.4. The maximum absolute atomic E-state index is 4.07. The van der Waals surface area contributed by atoms with Gasteiger partial charge in [-0.15, -0.1) is 10.2 Å².